The van der Waals surface area contributed by atoms with Crippen molar-refractivity contribution in [1.82, 2.24) is 0 Å². The average Bonchev–Trinajstić information content (AvgIpc) is 3.47. The molecule has 0 bridgehead atoms. The second-order valence-electron chi connectivity index (χ2n) is 5.81. The molecule has 0 spiro atoms. The topological polar surface area (TPSA) is 34.1 Å². The third-order valence-electron chi connectivity index (χ3n) is 3.80. The van der Waals surface area contributed by atoms with Crippen LogP contribution < -0.4 is 0 Å². The van der Waals surface area contributed by atoms with Crippen LogP contribution in [0.5, 0.6) is 0 Å². The molecule has 4 aromatic carbocycles. The van der Waals surface area contributed by atoms with E-state index in [0.717, 1.165) is 11.1 Å². The van der Waals surface area contributed by atoms with Crippen molar-refractivity contribution in [3.8, 4) is 11.1 Å². The zero-order chi connectivity index (χ0) is 18.8. The van der Waals surface area contributed by atoms with Crippen molar-refractivity contribution < 1.29 is 43.7 Å². The van der Waals surface area contributed by atoms with E-state index in [4.69, 9.17) is 0 Å². The van der Waals surface area contributed by atoms with E-state index in [1.54, 1.807) is 13.8 Å². The SMILES string of the molecule is CC(=O)[c-]1cccc1.CC(=O)[c-]1cccc1.[Fe].[Fe].c1cc[c-](-[c-]2[cH-][cH-][cH-][cH-]2)c1. The summed E-state index contributed by atoms with van der Waals surface area (Å²) in [5.74, 6) is 0.269. The number of Topliss-reactive ketones (excluding diaryl/α,β-unsaturated/α-hetero) is 2. The molecule has 0 fully saturated rings. The molecule has 0 N–H and O–H groups in total. The fourth-order valence-corrected chi connectivity index (χ4v) is 2.35. The maximum absolute atomic E-state index is 10.5. The van der Waals surface area contributed by atoms with Crippen LogP contribution in [0, 0.1) is 0 Å². The second kappa shape index (κ2) is 13.9. The third kappa shape index (κ3) is 8.64. The Morgan fingerprint density at radius 3 is 1.21 bits per heavy atom. The molecule has 0 radical (unpaired) electrons. The first-order valence-corrected chi connectivity index (χ1v) is 8.47. The molecule has 4 aromatic rings. The molecule has 0 heterocycles. The normalized spacial score (nSPS) is 8.79. The van der Waals surface area contributed by atoms with Crippen LogP contribution in [0.4, 0.5) is 0 Å². The molecule has 4 heteroatoms. The van der Waals surface area contributed by atoms with Gasteiger partial charge in [0.15, 0.2) is 0 Å². The van der Waals surface area contributed by atoms with Crippen molar-refractivity contribution in [3.05, 3.63) is 108 Å². The van der Waals surface area contributed by atoms with E-state index >= 15 is 0 Å². The Bertz CT molecular complexity index is 790. The fraction of sp³-hybridized carbons (Fsp3) is 0.0833. The van der Waals surface area contributed by atoms with Gasteiger partial charge in [0.1, 0.15) is 11.6 Å². The summed E-state index contributed by atoms with van der Waals surface area (Å²) in [4.78, 5) is 21.0. The molecule has 28 heavy (non-hydrogen) atoms. The first kappa shape index (κ1) is 25.8. The van der Waals surface area contributed by atoms with E-state index in [-0.39, 0.29) is 45.7 Å². The van der Waals surface area contributed by atoms with Gasteiger partial charge in [-0.25, -0.2) is 24.3 Å². The van der Waals surface area contributed by atoms with Gasteiger partial charge in [-0.05, 0) is 13.8 Å². The van der Waals surface area contributed by atoms with Gasteiger partial charge in [0.25, 0.3) is 0 Å². The molecule has 0 unspecified atom stereocenters. The van der Waals surface area contributed by atoms with Crippen LogP contribution in [0.1, 0.15) is 34.6 Å². The van der Waals surface area contributed by atoms with Crippen LogP contribution in [0.25, 0.3) is 11.1 Å². The molecular weight excluding hydrogens is 432 g/mol. The minimum absolute atomic E-state index is 0. The largest absolute Gasteiger partial charge is 0.565 e. The smallest absolute Gasteiger partial charge is 0.105 e. The van der Waals surface area contributed by atoms with Gasteiger partial charge < -0.3 is 69.2 Å². The average molecular weight is 454 g/mol. The van der Waals surface area contributed by atoms with E-state index in [1.165, 1.54) is 11.1 Å². The summed E-state index contributed by atoms with van der Waals surface area (Å²) in [7, 11) is 0. The van der Waals surface area contributed by atoms with Crippen LogP contribution in [0.3, 0.4) is 0 Å². The summed E-state index contributed by atoms with van der Waals surface area (Å²) in [6.45, 7) is 3.13. The molecule has 0 aromatic heterocycles. The monoisotopic (exact) mass is 454 g/mol. The predicted octanol–water partition coefficient (Wildman–Crippen LogP) is 6.00. The first-order chi connectivity index (χ1) is 12.6. The Labute approximate surface area is 188 Å². The number of ketones is 2. The van der Waals surface area contributed by atoms with E-state index in [2.05, 4.69) is 48.5 Å². The zero-order valence-corrected chi connectivity index (χ0v) is 18.0. The maximum atomic E-state index is 10.5. The summed E-state index contributed by atoms with van der Waals surface area (Å²) in [5.41, 5.74) is 4.21. The molecule has 0 aliphatic rings. The van der Waals surface area contributed by atoms with Crippen molar-refractivity contribution in [2.45, 2.75) is 13.8 Å². The Morgan fingerprint density at radius 2 is 0.929 bits per heavy atom. The molecule has 0 saturated heterocycles. The van der Waals surface area contributed by atoms with Gasteiger partial charge in [0.2, 0.25) is 0 Å². The molecule has 2 nitrogen and oxygen atoms in total. The first-order valence-electron chi connectivity index (χ1n) is 8.47. The van der Waals surface area contributed by atoms with Gasteiger partial charge in [-0.1, -0.05) is 11.1 Å². The maximum Gasteiger partial charge on any atom is 0.105 e. The quantitative estimate of drug-likeness (QED) is 0.216. The number of rotatable bonds is 3. The van der Waals surface area contributed by atoms with E-state index in [0.29, 0.717) is 0 Å². The van der Waals surface area contributed by atoms with E-state index < -0.39 is 0 Å². The summed E-state index contributed by atoms with van der Waals surface area (Å²) in [6, 6.07) is 31.4. The van der Waals surface area contributed by atoms with Crippen LogP contribution >= 0.6 is 0 Å². The molecule has 0 aliphatic heterocycles. The number of carbonyl (C=O) groups excluding carboxylic acids is 2. The summed E-state index contributed by atoms with van der Waals surface area (Å²) in [6.07, 6.45) is 0. The number of hydrogen-bond donors (Lipinski definition) is 0. The van der Waals surface area contributed by atoms with Crippen LogP contribution in [0.15, 0.2) is 97.1 Å². The van der Waals surface area contributed by atoms with E-state index in [1.807, 2.05) is 48.5 Å². The second-order valence-corrected chi connectivity index (χ2v) is 5.81. The number of hydrogen-bond acceptors (Lipinski definition) is 2. The van der Waals surface area contributed by atoms with Gasteiger partial charge >= 0.3 is 0 Å². The van der Waals surface area contributed by atoms with Crippen molar-refractivity contribution in [1.29, 1.82) is 0 Å². The molecular formula is C24H22Fe2O2-8. The van der Waals surface area contributed by atoms with Gasteiger partial charge in [0.05, 0.1) is 0 Å². The molecule has 0 amide bonds. The van der Waals surface area contributed by atoms with Gasteiger partial charge in [0, 0.05) is 34.1 Å². The third-order valence-corrected chi connectivity index (χ3v) is 3.80. The van der Waals surface area contributed by atoms with Crippen molar-refractivity contribution >= 4 is 11.6 Å². The van der Waals surface area contributed by atoms with Gasteiger partial charge in [-0.15, -0.1) is 0 Å². The van der Waals surface area contributed by atoms with Crippen LogP contribution in [-0.2, 0) is 34.1 Å². The molecule has 0 aliphatic carbocycles. The van der Waals surface area contributed by atoms with E-state index in [9.17, 15) is 9.59 Å². The molecule has 0 saturated carbocycles. The Morgan fingerprint density at radius 1 is 0.607 bits per heavy atom. The Hall–Kier alpha value is -2.22. The van der Waals surface area contributed by atoms with Crippen molar-refractivity contribution in [2.75, 3.05) is 0 Å². The zero-order valence-electron chi connectivity index (χ0n) is 15.8. The van der Waals surface area contributed by atoms with Crippen molar-refractivity contribution in [3.63, 3.8) is 0 Å². The van der Waals surface area contributed by atoms with Crippen LogP contribution in [-0.4, -0.2) is 11.6 Å². The Balaban J connectivity index is 0.000000381. The van der Waals surface area contributed by atoms with Gasteiger partial charge in [-0.2, -0.15) is 24.3 Å². The molecule has 4 rings (SSSR count). The predicted molar refractivity (Wildman–Crippen MR) is 107 cm³/mol. The number of carbonyl (C=O) groups is 2. The minimum Gasteiger partial charge on any atom is -0.565 e. The summed E-state index contributed by atoms with van der Waals surface area (Å²) in [5, 5.41) is 0. The Kier molecular flexibility index (Phi) is 12.8. The van der Waals surface area contributed by atoms with Crippen molar-refractivity contribution in [2.24, 2.45) is 0 Å². The molecule has 0 atom stereocenters. The fourth-order valence-electron chi connectivity index (χ4n) is 2.35. The minimum atomic E-state index is 0. The summed E-state index contributed by atoms with van der Waals surface area (Å²) >= 11 is 0. The summed E-state index contributed by atoms with van der Waals surface area (Å²) < 4.78 is 0. The molecule has 154 valence electrons. The van der Waals surface area contributed by atoms with Crippen LogP contribution in [0.2, 0.25) is 0 Å². The standard InChI is InChI=1S/C10H8.2C7H7O.2Fe/c1-2-6-9(5-1)10-7-3-4-8-10;2*1-6(8)7-4-2-3-5-7;;/h1-8H;2*2-5H,1H3;;/q-6;2*-1;;. The van der Waals surface area contributed by atoms with Gasteiger partial charge in [-0.3, -0.25) is 0 Å².